The first kappa shape index (κ1) is 12.2. The van der Waals surface area contributed by atoms with Crippen LogP contribution in [0.2, 0.25) is 0 Å². The number of carbonyl (C=O) groups is 1. The molecule has 7 heteroatoms. The number of fused-ring (bicyclic) bond motifs is 3. The number of carboxylic acids is 1. The van der Waals surface area contributed by atoms with Crippen LogP contribution in [0.1, 0.15) is 0 Å². The third kappa shape index (κ3) is 1.71. The zero-order chi connectivity index (χ0) is 14.3. The molecular weight excluding hydrogens is 260 g/mol. The highest BCUT2D eigenvalue weighted by atomic mass is 16.5. The summed E-state index contributed by atoms with van der Waals surface area (Å²) < 4.78 is 6.80. The van der Waals surface area contributed by atoms with Gasteiger partial charge >= 0.3 is 5.97 Å². The van der Waals surface area contributed by atoms with E-state index in [0.29, 0.717) is 22.6 Å². The number of benzene rings is 1. The second-order valence-corrected chi connectivity index (χ2v) is 4.32. The van der Waals surface area contributed by atoms with Crippen molar-refractivity contribution < 1.29 is 14.6 Å². The van der Waals surface area contributed by atoms with Crippen LogP contribution in [0.3, 0.4) is 0 Å². The molecule has 102 valence electrons. The van der Waals surface area contributed by atoms with Gasteiger partial charge < -0.3 is 20.1 Å². The van der Waals surface area contributed by atoms with Crippen molar-refractivity contribution in [1.82, 2.24) is 14.5 Å². The minimum absolute atomic E-state index is 0.192. The Balaban J connectivity index is 2.46. The maximum absolute atomic E-state index is 11.0. The van der Waals surface area contributed by atoms with Gasteiger partial charge in [-0.1, -0.05) is 0 Å². The van der Waals surface area contributed by atoms with E-state index in [2.05, 4.69) is 9.97 Å². The molecule has 0 saturated heterocycles. The third-order valence-electron chi connectivity index (χ3n) is 3.17. The maximum atomic E-state index is 11.0. The molecule has 0 unspecified atom stereocenters. The van der Waals surface area contributed by atoms with E-state index in [0.717, 1.165) is 10.9 Å². The molecule has 2 heterocycles. The van der Waals surface area contributed by atoms with E-state index in [1.807, 2.05) is 0 Å². The zero-order valence-corrected chi connectivity index (χ0v) is 10.7. The summed E-state index contributed by atoms with van der Waals surface area (Å²) in [4.78, 5) is 19.2. The van der Waals surface area contributed by atoms with E-state index < -0.39 is 5.97 Å². The number of hydrogen-bond acceptors (Lipinski definition) is 5. The Morgan fingerprint density at radius 2 is 2.25 bits per heavy atom. The number of methoxy groups -OCH3 is 1. The monoisotopic (exact) mass is 272 g/mol. The summed E-state index contributed by atoms with van der Waals surface area (Å²) in [6.45, 7) is -0.192. The van der Waals surface area contributed by atoms with Crippen molar-refractivity contribution in [3.8, 4) is 5.75 Å². The van der Waals surface area contributed by atoms with Crippen LogP contribution in [0.4, 0.5) is 5.82 Å². The number of rotatable bonds is 3. The quantitative estimate of drug-likeness (QED) is 0.744. The van der Waals surface area contributed by atoms with Crippen LogP contribution in [0.15, 0.2) is 24.5 Å². The molecule has 0 saturated carbocycles. The average molecular weight is 272 g/mol. The fourth-order valence-electron chi connectivity index (χ4n) is 2.34. The van der Waals surface area contributed by atoms with Gasteiger partial charge in [0.15, 0.2) is 0 Å². The number of hydrogen-bond donors (Lipinski definition) is 2. The molecule has 0 aliphatic carbocycles. The van der Waals surface area contributed by atoms with Gasteiger partial charge in [0.2, 0.25) is 0 Å². The van der Waals surface area contributed by atoms with Crippen molar-refractivity contribution in [3.63, 3.8) is 0 Å². The summed E-state index contributed by atoms with van der Waals surface area (Å²) in [6.07, 6.45) is 1.33. The highest BCUT2D eigenvalue weighted by Crippen LogP contribution is 2.32. The normalized spacial score (nSPS) is 11.1. The number of nitrogen functional groups attached to an aromatic ring is 1. The number of ether oxygens (including phenoxy) is 1. The van der Waals surface area contributed by atoms with Gasteiger partial charge in [0, 0.05) is 5.39 Å². The molecule has 0 radical (unpaired) electrons. The molecule has 0 bridgehead atoms. The van der Waals surface area contributed by atoms with E-state index in [1.165, 1.54) is 6.33 Å². The third-order valence-corrected chi connectivity index (χ3v) is 3.17. The molecule has 3 N–H and O–H groups in total. The summed E-state index contributed by atoms with van der Waals surface area (Å²) in [5, 5.41) is 10.5. The van der Waals surface area contributed by atoms with Gasteiger partial charge in [-0.15, -0.1) is 0 Å². The van der Waals surface area contributed by atoms with Gasteiger partial charge in [-0.05, 0) is 18.2 Å². The number of nitrogens with two attached hydrogens (primary N) is 1. The summed E-state index contributed by atoms with van der Waals surface area (Å²) in [6, 6.07) is 5.36. The molecule has 0 spiro atoms. The lowest BCUT2D eigenvalue weighted by Crippen LogP contribution is -2.09. The SMILES string of the molecule is COc1ccc2c(c1)c1c(N)ncnc1n2CC(=O)O. The Morgan fingerprint density at radius 1 is 1.45 bits per heavy atom. The second-order valence-electron chi connectivity index (χ2n) is 4.32. The zero-order valence-electron chi connectivity index (χ0n) is 10.7. The Kier molecular flexibility index (Phi) is 2.67. The Hall–Kier alpha value is -2.83. The van der Waals surface area contributed by atoms with E-state index in [-0.39, 0.29) is 6.54 Å². The molecular formula is C13H12N4O3. The van der Waals surface area contributed by atoms with Gasteiger partial charge in [0.05, 0.1) is 18.0 Å². The summed E-state index contributed by atoms with van der Waals surface area (Å²) in [5.41, 5.74) is 7.14. The van der Waals surface area contributed by atoms with Gasteiger partial charge in [0.1, 0.15) is 30.1 Å². The molecule has 2 aromatic heterocycles. The topological polar surface area (TPSA) is 103 Å². The first-order valence-electron chi connectivity index (χ1n) is 5.90. The van der Waals surface area contributed by atoms with Crippen LogP contribution in [-0.4, -0.2) is 32.7 Å². The number of aliphatic carboxylic acids is 1. The van der Waals surface area contributed by atoms with E-state index in [4.69, 9.17) is 15.6 Å². The molecule has 1 aromatic carbocycles. The summed E-state index contributed by atoms with van der Waals surface area (Å²) >= 11 is 0. The molecule has 0 fully saturated rings. The first-order chi connectivity index (χ1) is 9.61. The van der Waals surface area contributed by atoms with E-state index in [1.54, 1.807) is 29.9 Å². The maximum Gasteiger partial charge on any atom is 0.323 e. The van der Waals surface area contributed by atoms with Gasteiger partial charge in [-0.2, -0.15) is 0 Å². The Morgan fingerprint density at radius 3 is 2.95 bits per heavy atom. The van der Waals surface area contributed by atoms with Crippen molar-refractivity contribution in [2.75, 3.05) is 12.8 Å². The summed E-state index contributed by atoms with van der Waals surface area (Å²) in [7, 11) is 1.57. The van der Waals surface area contributed by atoms with Gasteiger partial charge in [-0.25, -0.2) is 9.97 Å². The highest BCUT2D eigenvalue weighted by Gasteiger charge is 2.16. The number of aromatic nitrogens is 3. The molecule has 0 atom stereocenters. The van der Waals surface area contributed by atoms with Crippen LogP contribution in [0, 0.1) is 0 Å². The second kappa shape index (κ2) is 4.37. The number of anilines is 1. The van der Waals surface area contributed by atoms with Crippen LogP contribution >= 0.6 is 0 Å². The molecule has 3 aromatic rings. The fraction of sp³-hybridized carbons (Fsp3) is 0.154. The minimum Gasteiger partial charge on any atom is -0.497 e. The molecule has 0 aliphatic rings. The van der Waals surface area contributed by atoms with Crippen molar-refractivity contribution >= 4 is 33.7 Å². The smallest absolute Gasteiger partial charge is 0.323 e. The molecule has 7 nitrogen and oxygen atoms in total. The van der Waals surface area contributed by atoms with Crippen molar-refractivity contribution in [2.45, 2.75) is 6.54 Å². The van der Waals surface area contributed by atoms with Gasteiger partial charge in [-0.3, -0.25) is 4.79 Å². The number of nitrogens with zero attached hydrogens (tertiary/aromatic N) is 3. The van der Waals surface area contributed by atoms with Crippen molar-refractivity contribution in [2.24, 2.45) is 0 Å². The lowest BCUT2D eigenvalue weighted by molar-refractivity contribution is -0.137. The first-order valence-corrected chi connectivity index (χ1v) is 5.90. The molecule has 20 heavy (non-hydrogen) atoms. The van der Waals surface area contributed by atoms with E-state index in [9.17, 15) is 4.79 Å². The Bertz CT molecular complexity index is 825. The largest absolute Gasteiger partial charge is 0.497 e. The van der Waals surface area contributed by atoms with Crippen LogP contribution in [0.25, 0.3) is 21.9 Å². The van der Waals surface area contributed by atoms with Crippen molar-refractivity contribution in [3.05, 3.63) is 24.5 Å². The predicted molar refractivity (Wildman–Crippen MR) is 73.6 cm³/mol. The highest BCUT2D eigenvalue weighted by molar-refractivity contribution is 6.12. The van der Waals surface area contributed by atoms with Crippen LogP contribution in [-0.2, 0) is 11.3 Å². The molecule has 0 amide bonds. The van der Waals surface area contributed by atoms with Gasteiger partial charge in [0.25, 0.3) is 0 Å². The predicted octanol–water partition coefficient (Wildman–Crippen LogP) is 1.26. The lowest BCUT2D eigenvalue weighted by atomic mass is 10.2. The standard InChI is InChI=1S/C13H12N4O3/c1-20-7-2-3-9-8(4-7)11-12(14)15-6-16-13(11)17(9)5-10(18)19/h2-4,6H,5H2,1H3,(H,18,19)(H2,14,15,16). The minimum atomic E-state index is -0.947. The fourth-order valence-corrected chi connectivity index (χ4v) is 2.34. The molecule has 0 aliphatic heterocycles. The summed E-state index contributed by atoms with van der Waals surface area (Å²) in [5.74, 6) is 0.0318. The average Bonchev–Trinajstić information content (AvgIpc) is 2.73. The van der Waals surface area contributed by atoms with E-state index >= 15 is 0 Å². The van der Waals surface area contributed by atoms with Crippen molar-refractivity contribution in [1.29, 1.82) is 0 Å². The Labute approximate surface area is 113 Å². The van der Waals surface area contributed by atoms with Crippen LogP contribution < -0.4 is 10.5 Å². The lowest BCUT2D eigenvalue weighted by Gasteiger charge is -2.03. The number of carboxylic acid groups (broad SMARTS) is 1. The van der Waals surface area contributed by atoms with Crippen LogP contribution in [0.5, 0.6) is 5.75 Å². The molecule has 3 rings (SSSR count).